The molecule has 0 saturated carbocycles. The van der Waals surface area contributed by atoms with Crippen molar-refractivity contribution in [3.8, 4) is 0 Å². The van der Waals surface area contributed by atoms with E-state index in [1.54, 1.807) is 11.8 Å². The number of hydrogen-bond acceptors (Lipinski definition) is 3. The third kappa shape index (κ3) is 4.25. The maximum atomic E-state index is 12.1. The Hall–Kier alpha value is -1.00. The van der Waals surface area contributed by atoms with Crippen LogP contribution in [0.4, 0.5) is 0 Å². The van der Waals surface area contributed by atoms with E-state index in [1.807, 2.05) is 4.90 Å². The Morgan fingerprint density at radius 3 is 2.42 bits per heavy atom. The van der Waals surface area contributed by atoms with Crippen LogP contribution in [0.15, 0.2) is 23.1 Å². The molecular formula is C15H22N2OS. The molecule has 0 bridgehead atoms. The van der Waals surface area contributed by atoms with Crippen LogP contribution in [0.25, 0.3) is 0 Å². The molecular weight excluding hydrogens is 256 g/mol. The van der Waals surface area contributed by atoms with Gasteiger partial charge < -0.3 is 10.6 Å². The number of benzene rings is 1. The highest BCUT2D eigenvalue weighted by Crippen LogP contribution is 2.22. The first-order valence-corrected chi connectivity index (χ1v) is 7.77. The smallest absolute Gasteiger partial charge is 0.232 e. The lowest BCUT2D eigenvalue weighted by Gasteiger charge is -2.30. The highest BCUT2D eigenvalue weighted by molar-refractivity contribution is 8.00. The van der Waals surface area contributed by atoms with Crippen molar-refractivity contribution in [2.24, 2.45) is 5.73 Å². The molecule has 0 aromatic heterocycles. The topological polar surface area (TPSA) is 46.3 Å². The average molecular weight is 278 g/mol. The van der Waals surface area contributed by atoms with Gasteiger partial charge in [0, 0.05) is 24.0 Å². The largest absolute Gasteiger partial charge is 0.342 e. The fourth-order valence-electron chi connectivity index (χ4n) is 2.40. The fraction of sp³-hybridized carbons (Fsp3) is 0.533. The predicted octanol–water partition coefficient (Wildman–Crippen LogP) is 2.35. The van der Waals surface area contributed by atoms with Crippen LogP contribution < -0.4 is 5.73 Å². The maximum absolute atomic E-state index is 12.1. The lowest BCUT2D eigenvalue weighted by molar-refractivity contribution is -0.129. The zero-order chi connectivity index (χ0) is 13.8. The van der Waals surface area contributed by atoms with Crippen LogP contribution in [-0.4, -0.2) is 35.7 Å². The monoisotopic (exact) mass is 278 g/mol. The SMILES string of the molecule is Cc1cc(C)cc(SCC(=O)N2CCC(N)CC2)c1. The highest BCUT2D eigenvalue weighted by Gasteiger charge is 2.20. The molecule has 1 fully saturated rings. The van der Waals surface area contributed by atoms with Gasteiger partial charge in [0.05, 0.1) is 5.75 Å². The van der Waals surface area contributed by atoms with Crippen LogP contribution in [-0.2, 0) is 4.79 Å². The predicted molar refractivity (Wildman–Crippen MR) is 80.4 cm³/mol. The van der Waals surface area contributed by atoms with E-state index < -0.39 is 0 Å². The maximum Gasteiger partial charge on any atom is 0.232 e. The minimum atomic E-state index is 0.232. The van der Waals surface area contributed by atoms with Crippen molar-refractivity contribution in [2.75, 3.05) is 18.8 Å². The van der Waals surface area contributed by atoms with Crippen LogP contribution in [0, 0.1) is 13.8 Å². The van der Waals surface area contributed by atoms with E-state index in [0.717, 1.165) is 25.9 Å². The van der Waals surface area contributed by atoms with Crippen molar-refractivity contribution in [2.45, 2.75) is 37.6 Å². The number of rotatable bonds is 3. The molecule has 4 heteroatoms. The number of amides is 1. The number of carbonyl (C=O) groups excluding carboxylic acids is 1. The molecule has 1 saturated heterocycles. The van der Waals surface area contributed by atoms with Gasteiger partial charge in [-0.15, -0.1) is 11.8 Å². The van der Waals surface area contributed by atoms with Crippen molar-refractivity contribution in [3.63, 3.8) is 0 Å². The molecule has 1 aromatic carbocycles. The summed E-state index contributed by atoms with van der Waals surface area (Å²) in [5, 5.41) is 0. The van der Waals surface area contributed by atoms with E-state index in [9.17, 15) is 4.79 Å². The van der Waals surface area contributed by atoms with Gasteiger partial charge in [-0.05, 0) is 49.9 Å². The molecule has 0 radical (unpaired) electrons. The summed E-state index contributed by atoms with van der Waals surface area (Å²) in [7, 11) is 0. The second-order valence-electron chi connectivity index (χ2n) is 5.33. The van der Waals surface area contributed by atoms with Crippen molar-refractivity contribution in [1.82, 2.24) is 4.90 Å². The molecule has 2 rings (SSSR count). The Morgan fingerprint density at radius 2 is 1.84 bits per heavy atom. The van der Waals surface area contributed by atoms with Gasteiger partial charge in [-0.3, -0.25) is 4.79 Å². The molecule has 1 aliphatic rings. The molecule has 104 valence electrons. The quantitative estimate of drug-likeness (QED) is 0.863. The standard InChI is InChI=1S/C15H22N2OS/c1-11-7-12(2)9-14(8-11)19-10-15(18)17-5-3-13(16)4-6-17/h7-9,13H,3-6,10,16H2,1-2H3. The minimum absolute atomic E-state index is 0.232. The third-order valence-electron chi connectivity index (χ3n) is 3.45. The van der Waals surface area contributed by atoms with Crippen LogP contribution in [0.2, 0.25) is 0 Å². The summed E-state index contributed by atoms with van der Waals surface area (Å²) < 4.78 is 0. The Morgan fingerprint density at radius 1 is 1.26 bits per heavy atom. The molecule has 2 N–H and O–H groups in total. The van der Waals surface area contributed by atoms with Gasteiger partial charge in [0.2, 0.25) is 5.91 Å². The number of carbonyl (C=O) groups is 1. The first kappa shape index (κ1) is 14.4. The van der Waals surface area contributed by atoms with Crippen molar-refractivity contribution < 1.29 is 4.79 Å². The van der Waals surface area contributed by atoms with E-state index >= 15 is 0 Å². The summed E-state index contributed by atoms with van der Waals surface area (Å²) in [6.07, 6.45) is 1.86. The second-order valence-corrected chi connectivity index (χ2v) is 6.38. The number of aryl methyl sites for hydroxylation is 2. The van der Waals surface area contributed by atoms with Crippen molar-refractivity contribution >= 4 is 17.7 Å². The molecule has 0 spiro atoms. The number of nitrogens with zero attached hydrogens (tertiary/aromatic N) is 1. The second kappa shape index (κ2) is 6.44. The lowest BCUT2D eigenvalue weighted by Crippen LogP contribution is -2.43. The normalized spacial score (nSPS) is 16.7. The highest BCUT2D eigenvalue weighted by atomic mass is 32.2. The third-order valence-corrected chi connectivity index (χ3v) is 4.41. The molecule has 3 nitrogen and oxygen atoms in total. The minimum Gasteiger partial charge on any atom is -0.342 e. The summed E-state index contributed by atoms with van der Waals surface area (Å²) in [4.78, 5) is 15.2. The van der Waals surface area contributed by atoms with Crippen LogP contribution >= 0.6 is 11.8 Å². The zero-order valence-electron chi connectivity index (χ0n) is 11.7. The first-order valence-electron chi connectivity index (χ1n) is 6.79. The molecule has 0 atom stereocenters. The number of piperidine rings is 1. The molecule has 0 aliphatic carbocycles. The van der Waals surface area contributed by atoms with Gasteiger partial charge in [0.25, 0.3) is 0 Å². The van der Waals surface area contributed by atoms with Gasteiger partial charge in [-0.1, -0.05) is 6.07 Å². The van der Waals surface area contributed by atoms with Gasteiger partial charge in [-0.2, -0.15) is 0 Å². The molecule has 1 aromatic rings. The van der Waals surface area contributed by atoms with E-state index in [4.69, 9.17) is 5.73 Å². The van der Waals surface area contributed by atoms with Crippen molar-refractivity contribution in [3.05, 3.63) is 29.3 Å². The Labute approximate surface area is 119 Å². The first-order chi connectivity index (χ1) is 9.04. The molecule has 19 heavy (non-hydrogen) atoms. The summed E-state index contributed by atoms with van der Waals surface area (Å²) in [6, 6.07) is 6.70. The zero-order valence-corrected chi connectivity index (χ0v) is 12.5. The van der Waals surface area contributed by atoms with Gasteiger partial charge >= 0.3 is 0 Å². The molecule has 1 amide bonds. The number of nitrogens with two attached hydrogens (primary N) is 1. The fourth-order valence-corrected chi connectivity index (χ4v) is 3.41. The Kier molecular flexibility index (Phi) is 4.88. The van der Waals surface area contributed by atoms with E-state index in [2.05, 4.69) is 32.0 Å². The summed E-state index contributed by atoms with van der Waals surface area (Å²) in [5.74, 6) is 0.758. The van der Waals surface area contributed by atoms with E-state index in [1.165, 1.54) is 16.0 Å². The number of thioether (sulfide) groups is 1. The summed E-state index contributed by atoms with van der Waals surface area (Å²) in [6.45, 7) is 5.80. The van der Waals surface area contributed by atoms with Crippen molar-refractivity contribution in [1.29, 1.82) is 0 Å². The van der Waals surface area contributed by atoms with Gasteiger partial charge in [0.15, 0.2) is 0 Å². The van der Waals surface area contributed by atoms with Gasteiger partial charge in [-0.25, -0.2) is 0 Å². The lowest BCUT2D eigenvalue weighted by atomic mass is 10.1. The van der Waals surface area contributed by atoms with E-state index in [0.29, 0.717) is 5.75 Å². The average Bonchev–Trinajstić information content (AvgIpc) is 2.36. The Bertz CT molecular complexity index is 433. The van der Waals surface area contributed by atoms with Crippen LogP contribution in [0.3, 0.4) is 0 Å². The number of hydrogen-bond donors (Lipinski definition) is 1. The molecule has 0 unspecified atom stereocenters. The molecule has 1 heterocycles. The van der Waals surface area contributed by atoms with E-state index in [-0.39, 0.29) is 11.9 Å². The van der Waals surface area contributed by atoms with Crippen LogP contribution in [0.1, 0.15) is 24.0 Å². The summed E-state index contributed by atoms with van der Waals surface area (Å²) >= 11 is 1.63. The van der Waals surface area contributed by atoms with Crippen LogP contribution in [0.5, 0.6) is 0 Å². The summed E-state index contributed by atoms with van der Waals surface area (Å²) in [5.41, 5.74) is 8.35. The Balaban J connectivity index is 1.86. The number of likely N-dealkylation sites (tertiary alicyclic amines) is 1. The van der Waals surface area contributed by atoms with Gasteiger partial charge in [0.1, 0.15) is 0 Å². The molecule has 1 aliphatic heterocycles.